The number of aromatic nitrogens is 3. The van der Waals surface area contributed by atoms with Crippen molar-refractivity contribution < 1.29 is 4.79 Å². The molecule has 1 aromatic carbocycles. The van der Waals surface area contributed by atoms with Gasteiger partial charge < -0.3 is 5.32 Å². The minimum atomic E-state index is -0.350. The number of nitrogens with zero attached hydrogens (tertiary/aromatic N) is 2. The van der Waals surface area contributed by atoms with Crippen molar-refractivity contribution in [3.63, 3.8) is 0 Å². The molecule has 108 valence electrons. The van der Waals surface area contributed by atoms with Crippen molar-refractivity contribution in [2.24, 2.45) is 0 Å². The molecule has 0 fully saturated rings. The summed E-state index contributed by atoms with van der Waals surface area (Å²) in [5.74, 6) is -0.267. The van der Waals surface area contributed by atoms with Crippen LogP contribution in [0.25, 0.3) is 16.6 Å². The van der Waals surface area contributed by atoms with Gasteiger partial charge in [0.15, 0.2) is 5.65 Å². The van der Waals surface area contributed by atoms with Gasteiger partial charge in [-0.2, -0.15) is 0 Å². The van der Waals surface area contributed by atoms with Crippen LogP contribution in [0.5, 0.6) is 0 Å². The average molecular weight is 284 g/mol. The zero-order valence-corrected chi connectivity index (χ0v) is 12.1. The fraction of sp³-hybridized carbons (Fsp3) is 0.267. The van der Waals surface area contributed by atoms with Gasteiger partial charge >= 0.3 is 0 Å². The molecule has 0 aliphatic rings. The van der Waals surface area contributed by atoms with Crippen LogP contribution in [-0.2, 0) is 0 Å². The number of fused-ring (bicyclic) bond motifs is 2. The van der Waals surface area contributed by atoms with Crippen LogP contribution in [0.4, 0.5) is 0 Å². The molecule has 0 aliphatic heterocycles. The van der Waals surface area contributed by atoms with E-state index in [1.807, 2.05) is 26.8 Å². The molecule has 0 bridgehead atoms. The Bertz CT molecular complexity index is 899. The molecule has 21 heavy (non-hydrogen) atoms. The largest absolute Gasteiger partial charge is 0.346 e. The number of hydrogen-bond donors (Lipinski definition) is 2. The smallest absolute Gasteiger partial charge is 0.280 e. The molecule has 3 rings (SSSR count). The number of hydrogen-bond acceptors (Lipinski definition) is 3. The normalized spacial score (nSPS) is 12.0. The van der Waals surface area contributed by atoms with E-state index < -0.39 is 0 Å². The minimum Gasteiger partial charge on any atom is -0.346 e. The van der Waals surface area contributed by atoms with Crippen molar-refractivity contribution in [1.29, 1.82) is 0 Å². The Labute approximate surface area is 120 Å². The van der Waals surface area contributed by atoms with E-state index in [1.54, 1.807) is 24.3 Å². The number of nitrogens with one attached hydrogen (secondary N) is 2. The zero-order valence-electron chi connectivity index (χ0n) is 12.1. The quantitative estimate of drug-likeness (QED) is 0.714. The Hall–Kier alpha value is -2.63. The summed E-state index contributed by atoms with van der Waals surface area (Å²) < 4.78 is 1.29. The second kappa shape index (κ2) is 4.44. The van der Waals surface area contributed by atoms with Gasteiger partial charge in [0.05, 0.1) is 10.9 Å². The number of aromatic amines is 1. The van der Waals surface area contributed by atoms with E-state index in [9.17, 15) is 9.59 Å². The summed E-state index contributed by atoms with van der Waals surface area (Å²) in [5.41, 5.74) is 0.787. The molecule has 0 saturated carbocycles. The summed E-state index contributed by atoms with van der Waals surface area (Å²) in [6, 6.07) is 8.68. The lowest BCUT2D eigenvalue weighted by Crippen LogP contribution is -2.40. The van der Waals surface area contributed by atoms with Crippen LogP contribution < -0.4 is 10.9 Å². The lowest BCUT2D eigenvalue weighted by molar-refractivity contribution is 0.0914. The number of carbonyl (C=O) groups excluding carboxylic acids is 1. The van der Waals surface area contributed by atoms with Crippen LogP contribution in [0.2, 0.25) is 0 Å². The van der Waals surface area contributed by atoms with Crippen molar-refractivity contribution in [2.75, 3.05) is 0 Å². The van der Waals surface area contributed by atoms with E-state index in [-0.39, 0.29) is 17.0 Å². The third kappa shape index (κ3) is 2.40. The molecule has 0 spiro atoms. The summed E-state index contributed by atoms with van der Waals surface area (Å²) in [5, 5.41) is 6.17. The molecule has 0 aliphatic carbocycles. The van der Waals surface area contributed by atoms with Crippen LogP contribution in [0, 0.1) is 0 Å². The van der Waals surface area contributed by atoms with Gasteiger partial charge in [-0.25, -0.2) is 9.50 Å². The summed E-state index contributed by atoms with van der Waals surface area (Å²) >= 11 is 0. The molecule has 0 atom stereocenters. The SMILES string of the molecule is CC(C)(C)NC(=O)c1cc2nc3ccccc3c(=O)n2[nH]1. The van der Waals surface area contributed by atoms with Gasteiger partial charge in [-0.15, -0.1) is 0 Å². The molecule has 0 radical (unpaired) electrons. The van der Waals surface area contributed by atoms with Gasteiger partial charge in [0.1, 0.15) is 5.69 Å². The van der Waals surface area contributed by atoms with Crippen molar-refractivity contribution in [1.82, 2.24) is 19.9 Å². The van der Waals surface area contributed by atoms with Crippen molar-refractivity contribution in [3.05, 3.63) is 46.4 Å². The first-order valence-electron chi connectivity index (χ1n) is 6.68. The molecule has 6 heteroatoms. The fourth-order valence-corrected chi connectivity index (χ4v) is 2.16. The first-order valence-corrected chi connectivity index (χ1v) is 6.68. The Kier molecular flexibility index (Phi) is 2.83. The number of amides is 1. The molecule has 2 N–H and O–H groups in total. The lowest BCUT2D eigenvalue weighted by atomic mass is 10.1. The van der Waals surface area contributed by atoms with Crippen LogP contribution in [0.15, 0.2) is 35.1 Å². The molecular formula is C15H16N4O2. The third-order valence-electron chi connectivity index (χ3n) is 3.04. The lowest BCUT2D eigenvalue weighted by Gasteiger charge is -2.19. The predicted octanol–water partition coefficient (Wildman–Crippen LogP) is 1.70. The molecule has 0 unspecified atom stereocenters. The maximum atomic E-state index is 12.4. The maximum Gasteiger partial charge on any atom is 0.280 e. The summed E-state index contributed by atoms with van der Waals surface area (Å²) in [7, 11) is 0. The van der Waals surface area contributed by atoms with E-state index in [0.717, 1.165) is 0 Å². The highest BCUT2D eigenvalue weighted by molar-refractivity contribution is 5.94. The first-order chi connectivity index (χ1) is 9.85. The standard InChI is InChI=1S/C15H16N4O2/c1-15(2,3)17-13(20)11-8-12-16-10-7-5-4-6-9(10)14(21)19(12)18-11/h4-8,18H,1-3H3,(H,17,20). The summed E-state index contributed by atoms with van der Waals surface area (Å²) in [6.45, 7) is 5.69. The van der Waals surface area contributed by atoms with Gasteiger partial charge in [-0.1, -0.05) is 12.1 Å². The third-order valence-corrected chi connectivity index (χ3v) is 3.04. The van der Waals surface area contributed by atoms with Crippen molar-refractivity contribution in [3.8, 4) is 0 Å². The number of H-pyrrole nitrogens is 1. The van der Waals surface area contributed by atoms with E-state index >= 15 is 0 Å². The van der Waals surface area contributed by atoms with E-state index in [0.29, 0.717) is 22.2 Å². The molecule has 1 amide bonds. The highest BCUT2D eigenvalue weighted by Gasteiger charge is 2.18. The van der Waals surface area contributed by atoms with Gasteiger partial charge in [0, 0.05) is 11.6 Å². The van der Waals surface area contributed by atoms with Gasteiger partial charge in [0.25, 0.3) is 11.5 Å². The fourth-order valence-electron chi connectivity index (χ4n) is 2.16. The zero-order chi connectivity index (χ0) is 15.2. The van der Waals surface area contributed by atoms with Crippen LogP contribution in [0.3, 0.4) is 0 Å². The monoisotopic (exact) mass is 284 g/mol. The van der Waals surface area contributed by atoms with Crippen LogP contribution >= 0.6 is 0 Å². The molecule has 0 saturated heterocycles. The van der Waals surface area contributed by atoms with Gasteiger partial charge in [-0.3, -0.25) is 14.7 Å². The summed E-state index contributed by atoms with van der Waals surface area (Å²) in [4.78, 5) is 28.9. The number of benzene rings is 1. The van der Waals surface area contributed by atoms with Gasteiger partial charge in [-0.05, 0) is 32.9 Å². The number of para-hydroxylation sites is 1. The van der Waals surface area contributed by atoms with E-state index in [4.69, 9.17) is 0 Å². The molecule has 6 nitrogen and oxygen atoms in total. The number of rotatable bonds is 1. The number of carbonyl (C=O) groups is 1. The predicted molar refractivity (Wildman–Crippen MR) is 80.5 cm³/mol. The summed E-state index contributed by atoms with van der Waals surface area (Å²) in [6.07, 6.45) is 0. The molecule has 2 heterocycles. The van der Waals surface area contributed by atoms with Gasteiger partial charge in [0.2, 0.25) is 0 Å². The van der Waals surface area contributed by atoms with Crippen molar-refractivity contribution in [2.45, 2.75) is 26.3 Å². The van der Waals surface area contributed by atoms with E-state index in [1.165, 1.54) is 4.52 Å². The first kappa shape index (κ1) is 13.4. The highest BCUT2D eigenvalue weighted by Crippen LogP contribution is 2.10. The highest BCUT2D eigenvalue weighted by atomic mass is 16.2. The van der Waals surface area contributed by atoms with Crippen LogP contribution in [0.1, 0.15) is 31.3 Å². The Balaban J connectivity index is 2.16. The molecular weight excluding hydrogens is 268 g/mol. The molecule has 2 aromatic heterocycles. The Morgan fingerprint density at radius 3 is 2.71 bits per heavy atom. The average Bonchev–Trinajstić information content (AvgIpc) is 2.81. The van der Waals surface area contributed by atoms with Crippen molar-refractivity contribution >= 4 is 22.5 Å². The van der Waals surface area contributed by atoms with Crippen LogP contribution in [-0.4, -0.2) is 26.0 Å². The second-order valence-corrected chi connectivity index (χ2v) is 6.00. The second-order valence-electron chi connectivity index (χ2n) is 6.00. The van der Waals surface area contributed by atoms with E-state index in [2.05, 4.69) is 15.4 Å². The minimum absolute atomic E-state index is 0.217. The molecule has 3 aromatic rings. The maximum absolute atomic E-state index is 12.4. The topological polar surface area (TPSA) is 79.3 Å². The Morgan fingerprint density at radius 1 is 1.29 bits per heavy atom. The Morgan fingerprint density at radius 2 is 2.00 bits per heavy atom.